The molecule has 8 heteroatoms. The Balaban J connectivity index is 1.39. The smallest absolute Gasteiger partial charge is 0.276 e. The van der Waals surface area contributed by atoms with Crippen molar-refractivity contribution in [2.45, 2.75) is 25.5 Å². The number of fused-ring (bicyclic) bond motifs is 1. The molecule has 0 unspecified atom stereocenters. The molecule has 0 aliphatic carbocycles. The number of carbonyl (C=O) groups is 1. The molecule has 162 valence electrons. The molecule has 0 radical (unpaired) electrons. The molecule has 8 nitrogen and oxygen atoms in total. The fourth-order valence-corrected chi connectivity index (χ4v) is 4.06. The number of piperidine rings is 1. The molecule has 1 fully saturated rings. The van der Waals surface area contributed by atoms with Gasteiger partial charge >= 0.3 is 0 Å². The second kappa shape index (κ2) is 8.86. The first-order valence-electron chi connectivity index (χ1n) is 10.7. The van der Waals surface area contributed by atoms with Gasteiger partial charge < -0.3 is 10.4 Å². The van der Waals surface area contributed by atoms with E-state index in [9.17, 15) is 9.90 Å². The van der Waals surface area contributed by atoms with Gasteiger partial charge in [0.1, 0.15) is 0 Å². The molecule has 0 saturated carbocycles. The number of amides is 1. The van der Waals surface area contributed by atoms with E-state index in [0.717, 1.165) is 60.1 Å². The predicted octanol–water partition coefficient (Wildman–Crippen LogP) is 3.23. The molecule has 4 aromatic rings. The van der Waals surface area contributed by atoms with E-state index in [1.165, 1.54) is 0 Å². The molecule has 1 aliphatic heterocycles. The Morgan fingerprint density at radius 2 is 1.88 bits per heavy atom. The lowest BCUT2D eigenvalue weighted by Gasteiger charge is -2.29. The molecule has 3 N–H and O–H groups in total. The minimum Gasteiger partial charge on any atom is -0.393 e. The zero-order chi connectivity index (χ0) is 21.9. The van der Waals surface area contributed by atoms with Crippen LogP contribution in [0, 0.1) is 0 Å². The Morgan fingerprint density at radius 3 is 2.69 bits per heavy atom. The van der Waals surface area contributed by atoms with Crippen molar-refractivity contribution in [2.75, 3.05) is 18.4 Å². The first-order valence-corrected chi connectivity index (χ1v) is 10.7. The number of H-pyrrole nitrogens is 1. The lowest BCUT2D eigenvalue weighted by atomic mass is 10.0. The molecule has 3 aromatic heterocycles. The van der Waals surface area contributed by atoms with Gasteiger partial charge in [-0.3, -0.25) is 24.8 Å². The normalized spacial score (nSPS) is 15.2. The molecule has 0 spiro atoms. The third-order valence-corrected chi connectivity index (χ3v) is 5.81. The van der Waals surface area contributed by atoms with Gasteiger partial charge in [0.25, 0.3) is 5.91 Å². The fraction of sp³-hybridized carbons (Fsp3) is 0.250. The van der Waals surface area contributed by atoms with Gasteiger partial charge in [-0.05, 0) is 54.3 Å². The second-order valence-electron chi connectivity index (χ2n) is 8.11. The summed E-state index contributed by atoms with van der Waals surface area (Å²) in [6.45, 7) is 2.59. The minimum absolute atomic E-state index is 0.178. The number of likely N-dealkylation sites (tertiary alicyclic amines) is 1. The predicted molar refractivity (Wildman–Crippen MR) is 122 cm³/mol. The summed E-state index contributed by atoms with van der Waals surface area (Å²) >= 11 is 0. The lowest BCUT2D eigenvalue weighted by molar-refractivity contribution is 0.0792. The molecule has 5 rings (SSSR count). The second-order valence-corrected chi connectivity index (χ2v) is 8.11. The zero-order valence-electron chi connectivity index (χ0n) is 17.5. The topological polar surface area (TPSA) is 107 Å². The van der Waals surface area contributed by atoms with Gasteiger partial charge in [0, 0.05) is 61.1 Å². The highest BCUT2D eigenvalue weighted by Gasteiger charge is 2.18. The number of benzene rings is 1. The Bertz CT molecular complexity index is 1230. The number of rotatable bonds is 5. The number of nitrogens with one attached hydrogen (secondary N) is 2. The summed E-state index contributed by atoms with van der Waals surface area (Å²) in [5.41, 5.74) is 4.89. The highest BCUT2D eigenvalue weighted by molar-refractivity contribution is 6.11. The molecule has 0 atom stereocenters. The van der Waals surface area contributed by atoms with E-state index in [4.69, 9.17) is 0 Å². The van der Waals surface area contributed by atoms with Gasteiger partial charge in [-0.15, -0.1) is 0 Å². The number of aliphatic hydroxyl groups is 1. The van der Waals surface area contributed by atoms with E-state index < -0.39 is 0 Å². The van der Waals surface area contributed by atoms with Crippen LogP contribution in [-0.4, -0.2) is 55.3 Å². The van der Waals surface area contributed by atoms with Crippen LogP contribution in [0.25, 0.3) is 22.0 Å². The standard InChI is InChI=1S/C24H24N6O2/c31-20-5-9-30(10-6-20)15-16-11-18(14-26-13-16)17-1-2-22-21(12-17)23(29-28-22)24(32)27-19-3-7-25-8-4-19/h1-4,7-8,11-14,20,31H,5-6,9-10,15H2,(H,28,29)(H,25,27,32). The largest absolute Gasteiger partial charge is 0.393 e. The fourth-order valence-electron chi connectivity index (χ4n) is 4.06. The highest BCUT2D eigenvalue weighted by atomic mass is 16.3. The van der Waals surface area contributed by atoms with E-state index in [1.54, 1.807) is 24.5 Å². The third kappa shape index (κ3) is 4.37. The molecular weight excluding hydrogens is 404 g/mol. The van der Waals surface area contributed by atoms with Crippen LogP contribution in [0.5, 0.6) is 0 Å². The summed E-state index contributed by atoms with van der Waals surface area (Å²) < 4.78 is 0. The van der Waals surface area contributed by atoms with E-state index in [-0.39, 0.29) is 12.0 Å². The van der Waals surface area contributed by atoms with Crippen molar-refractivity contribution in [1.29, 1.82) is 0 Å². The third-order valence-electron chi connectivity index (χ3n) is 5.81. The number of aromatic amines is 1. The van der Waals surface area contributed by atoms with Crippen molar-refractivity contribution >= 4 is 22.5 Å². The average Bonchev–Trinajstić information content (AvgIpc) is 3.25. The van der Waals surface area contributed by atoms with Crippen molar-refractivity contribution in [3.63, 3.8) is 0 Å². The van der Waals surface area contributed by atoms with Gasteiger partial charge in [-0.1, -0.05) is 6.07 Å². The Kier molecular flexibility index (Phi) is 5.62. The number of hydrogen-bond acceptors (Lipinski definition) is 6. The van der Waals surface area contributed by atoms with E-state index in [1.807, 2.05) is 30.6 Å². The quantitative estimate of drug-likeness (QED) is 0.451. The maximum Gasteiger partial charge on any atom is 0.276 e. The van der Waals surface area contributed by atoms with Crippen molar-refractivity contribution in [1.82, 2.24) is 25.1 Å². The number of aliphatic hydroxyl groups excluding tert-OH is 1. The summed E-state index contributed by atoms with van der Waals surface area (Å²) in [7, 11) is 0. The van der Waals surface area contributed by atoms with Gasteiger partial charge in [0.15, 0.2) is 5.69 Å². The van der Waals surface area contributed by atoms with Crippen LogP contribution >= 0.6 is 0 Å². The van der Waals surface area contributed by atoms with E-state index in [0.29, 0.717) is 11.4 Å². The highest BCUT2D eigenvalue weighted by Crippen LogP contribution is 2.26. The summed E-state index contributed by atoms with van der Waals surface area (Å²) in [6.07, 6.45) is 8.43. The molecular formula is C24H24N6O2. The summed E-state index contributed by atoms with van der Waals surface area (Å²) in [5.74, 6) is -0.279. The van der Waals surface area contributed by atoms with Crippen molar-refractivity contribution in [3.05, 3.63) is 72.4 Å². The molecule has 1 amide bonds. The number of hydrogen-bond donors (Lipinski definition) is 3. The number of anilines is 1. The molecule has 32 heavy (non-hydrogen) atoms. The SMILES string of the molecule is O=C(Nc1ccncc1)c1n[nH]c2ccc(-c3cncc(CN4CCC(O)CC4)c3)cc12. The van der Waals surface area contributed by atoms with Gasteiger partial charge in [-0.25, -0.2) is 0 Å². The number of nitrogens with zero attached hydrogens (tertiary/aromatic N) is 4. The van der Waals surface area contributed by atoms with Crippen molar-refractivity contribution < 1.29 is 9.90 Å². The van der Waals surface area contributed by atoms with Crippen LogP contribution in [0.1, 0.15) is 28.9 Å². The van der Waals surface area contributed by atoms with Gasteiger partial charge in [-0.2, -0.15) is 5.10 Å². The number of aromatic nitrogens is 4. The van der Waals surface area contributed by atoms with Crippen LogP contribution in [0.15, 0.2) is 61.2 Å². The van der Waals surface area contributed by atoms with Crippen LogP contribution in [0.2, 0.25) is 0 Å². The summed E-state index contributed by atoms with van der Waals surface area (Å²) in [6, 6.07) is 11.5. The molecule has 1 aliphatic rings. The van der Waals surface area contributed by atoms with E-state index in [2.05, 4.69) is 36.4 Å². The first kappa shape index (κ1) is 20.3. The summed E-state index contributed by atoms with van der Waals surface area (Å²) in [5, 5.41) is 20.5. The van der Waals surface area contributed by atoms with Crippen molar-refractivity contribution in [3.8, 4) is 11.1 Å². The lowest BCUT2D eigenvalue weighted by Crippen LogP contribution is -2.35. The van der Waals surface area contributed by atoms with Gasteiger partial charge in [0.2, 0.25) is 0 Å². The maximum atomic E-state index is 12.8. The van der Waals surface area contributed by atoms with E-state index >= 15 is 0 Å². The number of carbonyl (C=O) groups excluding carboxylic acids is 1. The maximum absolute atomic E-state index is 12.8. The number of pyridine rings is 2. The van der Waals surface area contributed by atoms with Gasteiger partial charge in [0.05, 0.1) is 11.6 Å². The Morgan fingerprint density at radius 1 is 1.06 bits per heavy atom. The zero-order valence-corrected chi connectivity index (χ0v) is 17.5. The van der Waals surface area contributed by atoms with Crippen molar-refractivity contribution in [2.24, 2.45) is 0 Å². The molecule has 0 bridgehead atoms. The van der Waals surface area contributed by atoms with Crippen LogP contribution in [0.4, 0.5) is 5.69 Å². The monoisotopic (exact) mass is 428 g/mol. The Labute approximate surface area is 185 Å². The first-order chi connectivity index (χ1) is 15.7. The van der Waals surface area contributed by atoms with Crippen LogP contribution in [-0.2, 0) is 6.54 Å². The Hall–Kier alpha value is -3.62. The molecule has 1 aromatic carbocycles. The minimum atomic E-state index is -0.279. The molecule has 4 heterocycles. The molecule has 1 saturated heterocycles. The summed E-state index contributed by atoms with van der Waals surface area (Å²) in [4.78, 5) is 23.5. The van der Waals surface area contributed by atoms with Crippen LogP contribution < -0.4 is 5.32 Å². The average molecular weight is 428 g/mol. The van der Waals surface area contributed by atoms with Crippen LogP contribution in [0.3, 0.4) is 0 Å².